The molecule has 0 radical (unpaired) electrons. The molecule has 4 aromatic carbocycles. The van der Waals surface area contributed by atoms with E-state index in [9.17, 15) is 23.4 Å². The van der Waals surface area contributed by atoms with Crippen molar-refractivity contribution in [1.82, 2.24) is 0 Å². The van der Waals surface area contributed by atoms with Crippen LogP contribution in [0.2, 0.25) is 0 Å². The van der Waals surface area contributed by atoms with Crippen LogP contribution < -0.4 is 4.74 Å². The van der Waals surface area contributed by atoms with E-state index in [1.807, 2.05) is 0 Å². The molecule has 32 heavy (non-hydrogen) atoms. The predicted octanol–water partition coefficient (Wildman–Crippen LogP) is 4.95. The molecule has 160 valence electrons. The molecule has 0 aliphatic heterocycles. The predicted molar refractivity (Wildman–Crippen MR) is 118 cm³/mol. The van der Waals surface area contributed by atoms with Crippen LogP contribution in [0.25, 0.3) is 0 Å². The summed E-state index contributed by atoms with van der Waals surface area (Å²) in [5, 5.41) is 18.7. The zero-order valence-corrected chi connectivity index (χ0v) is 17.5. The molecule has 0 amide bonds. The first kappa shape index (κ1) is 21.1. The summed E-state index contributed by atoms with van der Waals surface area (Å²) in [4.78, 5) is 12.7. The summed E-state index contributed by atoms with van der Waals surface area (Å²) in [6.45, 7) is 0. The van der Waals surface area contributed by atoms with Crippen molar-refractivity contribution in [3.05, 3.63) is 108 Å². The van der Waals surface area contributed by atoms with Crippen LogP contribution in [0.1, 0.15) is 15.9 Å². The Hall–Kier alpha value is -4.10. The topological polar surface area (TPSA) is 101 Å². The maximum absolute atomic E-state index is 12.7. The second-order valence-corrected chi connectivity index (χ2v) is 8.92. The third-order valence-electron chi connectivity index (χ3n) is 4.76. The van der Waals surface area contributed by atoms with Gasteiger partial charge < -0.3 is 14.9 Å². The molecule has 2 N–H and O–H groups in total. The van der Waals surface area contributed by atoms with E-state index in [4.69, 9.17) is 4.74 Å². The summed E-state index contributed by atoms with van der Waals surface area (Å²) in [6.07, 6.45) is 0. The largest absolute Gasteiger partial charge is 0.508 e. The number of ketones is 1. The number of carbonyl (C=O) groups excluding carboxylic acids is 1. The minimum atomic E-state index is -3.71. The fraction of sp³-hybridized carbons (Fsp3) is 0. The minimum Gasteiger partial charge on any atom is -0.508 e. The zero-order valence-electron chi connectivity index (χ0n) is 16.7. The van der Waals surface area contributed by atoms with Gasteiger partial charge in [0.2, 0.25) is 9.84 Å². The Labute approximate surface area is 184 Å². The monoisotopic (exact) mass is 446 g/mol. The third-order valence-corrected chi connectivity index (χ3v) is 6.55. The number of rotatable bonds is 6. The zero-order chi connectivity index (χ0) is 22.7. The maximum atomic E-state index is 12.7. The molecule has 0 fully saturated rings. The van der Waals surface area contributed by atoms with Crippen LogP contribution in [0, 0.1) is 0 Å². The van der Waals surface area contributed by atoms with Crippen molar-refractivity contribution < 1.29 is 28.2 Å². The molecule has 6 nitrogen and oxygen atoms in total. The van der Waals surface area contributed by atoms with E-state index in [2.05, 4.69) is 0 Å². The summed E-state index contributed by atoms with van der Waals surface area (Å²) in [5.41, 5.74) is 0.931. The first-order valence-electron chi connectivity index (χ1n) is 9.59. The van der Waals surface area contributed by atoms with Gasteiger partial charge in [0.25, 0.3) is 0 Å². The Morgan fingerprint density at radius 2 is 0.906 bits per heavy atom. The quantitative estimate of drug-likeness (QED) is 0.406. The summed E-state index contributed by atoms with van der Waals surface area (Å²) >= 11 is 0. The number of benzene rings is 4. The average Bonchev–Trinajstić information content (AvgIpc) is 2.80. The number of ether oxygens (including phenoxy) is 1. The Morgan fingerprint density at radius 1 is 0.562 bits per heavy atom. The highest BCUT2D eigenvalue weighted by Crippen LogP contribution is 2.27. The van der Waals surface area contributed by atoms with Gasteiger partial charge in [0.05, 0.1) is 9.79 Å². The van der Waals surface area contributed by atoms with Crippen molar-refractivity contribution in [2.24, 2.45) is 0 Å². The fourth-order valence-corrected chi connectivity index (χ4v) is 4.30. The molecule has 0 aromatic heterocycles. The van der Waals surface area contributed by atoms with Crippen LogP contribution in [0.5, 0.6) is 23.0 Å². The number of carbonyl (C=O) groups is 1. The molecular formula is C25H18O6S. The van der Waals surface area contributed by atoms with Crippen molar-refractivity contribution in [2.75, 3.05) is 0 Å². The Kier molecular flexibility index (Phi) is 5.66. The molecule has 0 bridgehead atoms. The van der Waals surface area contributed by atoms with Crippen molar-refractivity contribution in [1.29, 1.82) is 0 Å². The van der Waals surface area contributed by atoms with Gasteiger partial charge in [0, 0.05) is 11.1 Å². The van der Waals surface area contributed by atoms with Crippen LogP contribution in [0.3, 0.4) is 0 Å². The van der Waals surface area contributed by atoms with Gasteiger partial charge in [-0.2, -0.15) is 0 Å². The average molecular weight is 446 g/mol. The number of phenols is 2. The summed E-state index contributed by atoms with van der Waals surface area (Å²) in [6, 6.07) is 23.9. The van der Waals surface area contributed by atoms with Gasteiger partial charge in [0.1, 0.15) is 23.0 Å². The second-order valence-electron chi connectivity index (χ2n) is 6.97. The maximum Gasteiger partial charge on any atom is 0.206 e. The van der Waals surface area contributed by atoms with Crippen molar-refractivity contribution in [3.8, 4) is 23.0 Å². The molecule has 0 saturated carbocycles. The highest BCUT2D eigenvalue weighted by molar-refractivity contribution is 7.91. The molecule has 0 unspecified atom stereocenters. The van der Waals surface area contributed by atoms with E-state index in [1.54, 1.807) is 48.5 Å². The van der Waals surface area contributed by atoms with Gasteiger partial charge in [-0.1, -0.05) is 0 Å². The second kappa shape index (κ2) is 8.56. The Balaban J connectivity index is 1.47. The van der Waals surface area contributed by atoms with Crippen molar-refractivity contribution in [2.45, 2.75) is 9.79 Å². The lowest BCUT2D eigenvalue weighted by Gasteiger charge is -2.09. The molecule has 7 heteroatoms. The SMILES string of the molecule is O=C(c1ccc(O)cc1)c1ccc(Oc2ccc(S(=O)(=O)c3ccc(O)cc3)cc2)cc1. The lowest BCUT2D eigenvalue weighted by atomic mass is 10.0. The molecule has 0 atom stereocenters. The Morgan fingerprint density at radius 3 is 1.38 bits per heavy atom. The molecule has 0 aliphatic rings. The van der Waals surface area contributed by atoms with E-state index in [0.29, 0.717) is 22.6 Å². The van der Waals surface area contributed by atoms with E-state index in [0.717, 1.165) is 0 Å². The van der Waals surface area contributed by atoms with E-state index >= 15 is 0 Å². The highest BCUT2D eigenvalue weighted by Gasteiger charge is 2.17. The third kappa shape index (κ3) is 4.48. The molecule has 0 aliphatic carbocycles. The van der Waals surface area contributed by atoms with Gasteiger partial charge >= 0.3 is 0 Å². The van der Waals surface area contributed by atoms with Crippen LogP contribution in [-0.4, -0.2) is 24.4 Å². The first-order valence-corrected chi connectivity index (χ1v) is 11.1. The Bertz CT molecular complexity index is 1340. The summed E-state index contributed by atoms with van der Waals surface area (Å²) < 4.78 is 31.1. The number of hydrogen-bond donors (Lipinski definition) is 2. The molecular weight excluding hydrogens is 428 g/mol. The van der Waals surface area contributed by atoms with Gasteiger partial charge in [-0.25, -0.2) is 8.42 Å². The van der Waals surface area contributed by atoms with Crippen LogP contribution in [0.4, 0.5) is 0 Å². The van der Waals surface area contributed by atoms with Crippen LogP contribution >= 0.6 is 0 Å². The van der Waals surface area contributed by atoms with Gasteiger partial charge in [-0.15, -0.1) is 0 Å². The molecule has 4 aromatic rings. The van der Waals surface area contributed by atoms with E-state index in [1.165, 1.54) is 48.5 Å². The fourth-order valence-electron chi connectivity index (χ4n) is 3.04. The van der Waals surface area contributed by atoms with Crippen LogP contribution in [-0.2, 0) is 9.84 Å². The number of aromatic hydroxyl groups is 2. The normalized spacial score (nSPS) is 11.1. The van der Waals surface area contributed by atoms with E-state index < -0.39 is 9.84 Å². The molecule has 0 saturated heterocycles. The van der Waals surface area contributed by atoms with E-state index in [-0.39, 0.29) is 27.1 Å². The van der Waals surface area contributed by atoms with Crippen molar-refractivity contribution >= 4 is 15.6 Å². The van der Waals surface area contributed by atoms with Gasteiger partial charge in [-0.3, -0.25) is 4.79 Å². The molecule has 0 spiro atoms. The minimum absolute atomic E-state index is 0.0107. The smallest absolute Gasteiger partial charge is 0.206 e. The lowest BCUT2D eigenvalue weighted by molar-refractivity contribution is 0.103. The summed E-state index contributed by atoms with van der Waals surface area (Å²) in [7, 11) is -3.71. The lowest BCUT2D eigenvalue weighted by Crippen LogP contribution is -2.01. The first-order chi connectivity index (χ1) is 15.3. The van der Waals surface area contributed by atoms with Gasteiger partial charge in [0.15, 0.2) is 5.78 Å². The molecule has 0 heterocycles. The summed E-state index contributed by atoms with van der Waals surface area (Å²) in [5.74, 6) is 0.824. The van der Waals surface area contributed by atoms with Crippen LogP contribution in [0.15, 0.2) is 107 Å². The highest BCUT2D eigenvalue weighted by atomic mass is 32.2. The number of sulfone groups is 1. The van der Waals surface area contributed by atoms with Crippen molar-refractivity contribution in [3.63, 3.8) is 0 Å². The number of hydrogen-bond acceptors (Lipinski definition) is 6. The molecule has 4 rings (SSSR count). The number of phenolic OH excluding ortho intramolecular Hbond substituents is 2. The standard InChI is InChI=1S/C25H18O6S/c26-19-5-1-17(2-6-19)25(28)18-3-9-21(10-4-18)31-22-11-15-24(16-12-22)32(29,30)23-13-7-20(27)8-14-23/h1-16,26-27H. The van der Waals surface area contributed by atoms with Gasteiger partial charge in [-0.05, 0) is 97.1 Å².